The molecule has 0 saturated heterocycles. The largest absolute Gasteiger partial charge is 0.312 e. The maximum Gasteiger partial charge on any atom is 0.00693 e. The Hall–Kier alpha value is -0.0400. The highest BCUT2D eigenvalue weighted by atomic mass is 14.9. The predicted octanol–water partition coefficient (Wildman–Crippen LogP) is 3.45. The Morgan fingerprint density at radius 1 is 0.923 bits per heavy atom. The van der Waals surface area contributed by atoms with Gasteiger partial charge in [-0.25, -0.2) is 0 Å². The topological polar surface area (TPSA) is 12.0 Å². The molecule has 0 rings (SSSR count). The van der Waals surface area contributed by atoms with Gasteiger partial charge in [0.1, 0.15) is 0 Å². The average Bonchev–Trinajstić information content (AvgIpc) is 2.05. The maximum absolute atomic E-state index is 3.59. The van der Waals surface area contributed by atoms with Gasteiger partial charge in [0.15, 0.2) is 0 Å². The Morgan fingerprint density at radius 3 is 1.69 bits per heavy atom. The third-order valence-corrected chi connectivity index (χ3v) is 3.18. The first-order chi connectivity index (χ1) is 6.02. The van der Waals surface area contributed by atoms with Gasteiger partial charge in [0, 0.05) is 12.1 Å². The molecule has 1 nitrogen and oxygen atoms in total. The van der Waals surface area contributed by atoms with Crippen LogP contribution in [0.4, 0.5) is 0 Å². The SMILES string of the molecule is CCC(CC)C(C)C(C)NC(C)C. The smallest absolute Gasteiger partial charge is 0.00693 e. The van der Waals surface area contributed by atoms with Crippen LogP contribution >= 0.6 is 0 Å². The van der Waals surface area contributed by atoms with Gasteiger partial charge in [-0.1, -0.05) is 47.5 Å². The van der Waals surface area contributed by atoms with E-state index in [-0.39, 0.29) is 0 Å². The van der Waals surface area contributed by atoms with Gasteiger partial charge in [0.25, 0.3) is 0 Å². The van der Waals surface area contributed by atoms with E-state index in [1.54, 1.807) is 0 Å². The van der Waals surface area contributed by atoms with Crippen LogP contribution in [-0.4, -0.2) is 12.1 Å². The van der Waals surface area contributed by atoms with Gasteiger partial charge >= 0.3 is 0 Å². The second-order valence-corrected chi connectivity index (χ2v) is 4.55. The van der Waals surface area contributed by atoms with Crippen LogP contribution in [0.1, 0.15) is 54.4 Å². The number of hydrogen-bond donors (Lipinski definition) is 1. The van der Waals surface area contributed by atoms with Crippen molar-refractivity contribution >= 4 is 0 Å². The summed E-state index contributed by atoms with van der Waals surface area (Å²) in [5.41, 5.74) is 0. The molecule has 0 radical (unpaired) electrons. The Morgan fingerprint density at radius 2 is 1.38 bits per heavy atom. The summed E-state index contributed by atoms with van der Waals surface area (Å²) >= 11 is 0. The maximum atomic E-state index is 3.59. The monoisotopic (exact) mass is 185 g/mol. The van der Waals surface area contributed by atoms with Gasteiger partial charge in [-0.05, 0) is 18.8 Å². The van der Waals surface area contributed by atoms with Crippen LogP contribution in [0, 0.1) is 11.8 Å². The molecule has 0 spiro atoms. The lowest BCUT2D eigenvalue weighted by atomic mass is 9.84. The summed E-state index contributed by atoms with van der Waals surface area (Å²) in [6, 6.07) is 1.25. The molecule has 1 heteroatoms. The fraction of sp³-hybridized carbons (Fsp3) is 1.00. The minimum Gasteiger partial charge on any atom is -0.312 e. The first kappa shape index (κ1) is 13.0. The van der Waals surface area contributed by atoms with E-state index in [0.29, 0.717) is 12.1 Å². The molecule has 13 heavy (non-hydrogen) atoms. The van der Waals surface area contributed by atoms with Crippen LogP contribution in [0.25, 0.3) is 0 Å². The van der Waals surface area contributed by atoms with Crippen LogP contribution in [0.15, 0.2) is 0 Å². The lowest BCUT2D eigenvalue weighted by Gasteiger charge is -2.29. The zero-order valence-corrected chi connectivity index (χ0v) is 10.2. The van der Waals surface area contributed by atoms with Gasteiger partial charge in [0.2, 0.25) is 0 Å². The van der Waals surface area contributed by atoms with E-state index >= 15 is 0 Å². The van der Waals surface area contributed by atoms with Crippen molar-refractivity contribution in [3.63, 3.8) is 0 Å². The predicted molar refractivity (Wildman–Crippen MR) is 61.0 cm³/mol. The summed E-state index contributed by atoms with van der Waals surface area (Å²) in [6.45, 7) is 13.7. The van der Waals surface area contributed by atoms with E-state index < -0.39 is 0 Å². The fourth-order valence-corrected chi connectivity index (χ4v) is 2.12. The van der Waals surface area contributed by atoms with Crippen LogP contribution in [-0.2, 0) is 0 Å². The van der Waals surface area contributed by atoms with E-state index in [1.165, 1.54) is 12.8 Å². The summed E-state index contributed by atoms with van der Waals surface area (Å²) in [5.74, 6) is 1.67. The molecule has 80 valence electrons. The summed E-state index contributed by atoms with van der Waals surface area (Å²) in [7, 11) is 0. The highest BCUT2D eigenvalue weighted by Gasteiger charge is 2.19. The van der Waals surface area contributed by atoms with Crippen molar-refractivity contribution in [1.29, 1.82) is 0 Å². The molecule has 0 bridgehead atoms. The summed E-state index contributed by atoms with van der Waals surface area (Å²) in [6.07, 6.45) is 2.61. The van der Waals surface area contributed by atoms with Gasteiger partial charge in [-0.3, -0.25) is 0 Å². The zero-order chi connectivity index (χ0) is 10.4. The van der Waals surface area contributed by atoms with E-state index in [4.69, 9.17) is 0 Å². The Labute approximate surface area is 84.3 Å². The summed E-state index contributed by atoms with van der Waals surface area (Å²) in [5, 5.41) is 3.59. The van der Waals surface area contributed by atoms with E-state index in [0.717, 1.165) is 11.8 Å². The molecule has 0 aromatic carbocycles. The van der Waals surface area contributed by atoms with Gasteiger partial charge in [-0.2, -0.15) is 0 Å². The number of nitrogens with one attached hydrogen (secondary N) is 1. The second kappa shape index (κ2) is 6.42. The lowest BCUT2D eigenvalue weighted by Crippen LogP contribution is -2.39. The molecule has 0 aliphatic rings. The normalized spacial score (nSPS) is 16.6. The van der Waals surface area contributed by atoms with E-state index in [9.17, 15) is 0 Å². The molecule has 0 saturated carbocycles. The lowest BCUT2D eigenvalue weighted by molar-refractivity contribution is 0.256. The standard InChI is InChI=1S/C12H27N/c1-7-12(8-2)10(5)11(6)13-9(3)4/h9-13H,7-8H2,1-6H3. The minimum absolute atomic E-state index is 0.604. The highest BCUT2D eigenvalue weighted by Crippen LogP contribution is 2.22. The molecule has 0 heterocycles. The molecular weight excluding hydrogens is 158 g/mol. The fourth-order valence-electron chi connectivity index (χ4n) is 2.12. The van der Waals surface area contributed by atoms with Crippen molar-refractivity contribution < 1.29 is 0 Å². The van der Waals surface area contributed by atoms with Gasteiger partial charge < -0.3 is 5.32 Å². The third kappa shape index (κ3) is 4.66. The molecule has 2 unspecified atom stereocenters. The van der Waals surface area contributed by atoms with Crippen molar-refractivity contribution in [2.75, 3.05) is 0 Å². The summed E-state index contributed by atoms with van der Waals surface area (Å²) < 4.78 is 0. The Kier molecular flexibility index (Phi) is 6.40. The van der Waals surface area contributed by atoms with Crippen molar-refractivity contribution in [2.24, 2.45) is 11.8 Å². The minimum atomic E-state index is 0.604. The number of hydrogen-bond acceptors (Lipinski definition) is 1. The highest BCUT2D eigenvalue weighted by molar-refractivity contribution is 4.75. The number of rotatable bonds is 6. The second-order valence-electron chi connectivity index (χ2n) is 4.55. The average molecular weight is 185 g/mol. The third-order valence-electron chi connectivity index (χ3n) is 3.18. The van der Waals surface area contributed by atoms with E-state index in [2.05, 4.69) is 46.9 Å². The van der Waals surface area contributed by atoms with E-state index in [1.807, 2.05) is 0 Å². The molecule has 1 N–H and O–H groups in total. The Balaban J connectivity index is 3.98. The molecule has 0 fully saturated rings. The van der Waals surface area contributed by atoms with Crippen molar-refractivity contribution in [3.05, 3.63) is 0 Å². The molecule has 2 atom stereocenters. The Bertz CT molecular complexity index is 116. The molecule has 0 amide bonds. The molecular formula is C12H27N. The molecule has 0 aliphatic heterocycles. The van der Waals surface area contributed by atoms with Crippen molar-refractivity contribution in [2.45, 2.75) is 66.5 Å². The van der Waals surface area contributed by atoms with Crippen molar-refractivity contribution in [1.82, 2.24) is 5.32 Å². The van der Waals surface area contributed by atoms with Crippen molar-refractivity contribution in [3.8, 4) is 0 Å². The first-order valence-corrected chi connectivity index (χ1v) is 5.78. The van der Waals surface area contributed by atoms with Crippen LogP contribution < -0.4 is 5.32 Å². The quantitative estimate of drug-likeness (QED) is 0.668. The van der Waals surface area contributed by atoms with Crippen LogP contribution in [0.5, 0.6) is 0 Å². The van der Waals surface area contributed by atoms with Gasteiger partial charge in [0.05, 0.1) is 0 Å². The van der Waals surface area contributed by atoms with Gasteiger partial charge in [-0.15, -0.1) is 0 Å². The molecule has 0 aliphatic carbocycles. The van der Waals surface area contributed by atoms with Crippen LogP contribution in [0.3, 0.4) is 0 Å². The first-order valence-electron chi connectivity index (χ1n) is 5.78. The van der Waals surface area contributed by atoms with Crippen LogP contribution in [0.2, 0.25) is 0 Å². The molecule has 0 aromatic rings. The summed E-state index contributed by atoms with van der Waals surface area (Å²) in [4.78, 5) is 0. The molecule has 0 aromatic heterocycles. The zero-order valence-electron chi connectivity index (χ0n) is 10.2.